The smallest absolute Gasteiger partial charge is 0.00766 e. The Morgan fingerprint density at radius 3 is 2.64 bits per heavy atom. The number of fused-ring (bicyclic) bond motifs is 5. The molecule has 3 saturated carbocycles. The molecule has 1 heteroatoms. The average molecular weight is 344 g/mol. The van der Waals surface area contributed by atoms with Crippen LogP contribution < -0.4 is 5.73 Å². The number of allylic oxidation sites excluding steroid dienone is 1. The monoisotopic (exact) mass is 343 g/mol. The first-order valence-corrected chi connectivity index (χ1v) is 11.3. The Balaban J connectivity index is 1.56. The lowest BCUT2D eigenvalue weighted by atomic mass is 9.47. The molecule has 7 unspecified atom stereocenters. The van der Waals surface area contributed by atoms with E-state index in [1.165, 1.54) is 64.2 Å². The van der Waals surface area contributed by atoms with Crippen LogP contribution in [0.3, 0.4) is 0 Å². The first-order valence-electron chi connectivity index (χ1n) is 11.3. The summed E-state index contributed by atoms with van der Waals surface area (Å²) in [6, 6.07) is 0.427. The Morgan fingerprint density at radius 2 is 1.88 bits per heavy atom. The van der Waals surface area contributed by atoms with E-state index < -0.39 is 0 Å². The first kappa shape index (κ1) is 18.1. The van der Waals surface area contributed by atoms with Gasteiger partial charge < -0.3 is 5.73 Å². The lowest BCUT2D eigenvalue weighted by Gasteiger charge is -2.58. The molecule has 7 atom stereocenters. The molecule has 4 aliphatic rings. The van der Waals surface area contributed by atoms with Crippen LogP contribution >= 0.6 is 0 Å². The second kappa shape index (κ2) is 6.39. The van der Waals surface area contributed by atoms with Gasteiger partial charge in [0.15, 0.2) is 0 Å². The molecule has 0 aromatic carbocycles. The summed E-state index contributed by atoms with van der Waals surface area (Å²) in [4.78, 5) is 0. The van der Waals surface area contributed by atoms with Crippen molar-refractivity contribution in [1.82, 2.24) is 0 Å². The van der Waals surface area contributed by atoms with Gasteiger partial charge in [0.05, 0.1) is 0 Å². The summed E-state index contributed by atoms with van der Waals surface area (Å²) in [5.41, 5.74) is 9.18. The van der Waals surface area contributed by atoms with Crippen LogP contribution in [-0.4, -0.2) is 6.04 Å². The highest BCUT2D eigenvalue weighted by Gasteiger charge is 2.58. The zero-order chi connectivity index (χ0) is 17.8. The van der Waals surface area contributed by atoms with Gasteiger partial charge in [-0.15, -0.1) is 0 Å². The highest BCUT2D eigenvalue weighted by molar-refractivity contribution is 5.25. The van der Waals surface area contributed by atoms with E-state index in [1.54, 1.807) is 5.57 Å². The van der Waals surface area contributed by atoms with Crippen molar-refractivity contribution in [3.63, 3.8) is 0 Å². The highest BCUT2D eigenvalue weighted by atomic mass is 14.7. The third kappa shape index (κ3) is 2.84. The average Bonchev–Trinajstić information content (AvgIpc) is 2.90. The lowest BCUT2D eigenvalue weighted by Crippen LogP contribution is -2.51. The van der Waals surface area contributed by atoms with Crippen LogP contribution in [0.1, 0.15) is 91.9 Å². The Labute approximate surface area is 156 Å². The molecule has 0 aromatic rings. The summed E-state index contributed by atoms with van der Waals surface area (Å²) in [5, 5.41) is 0. The molecule has 142 valence electrons. The van der Waals surface area contributed by atoms with Gasteiger partial charge in [0.1, 0.15) is 0 Å². The maximum absolute atomic E-state index is 6.31. The maximum Gasteiger partial charge on any atom is 0.00766 e. The standard InChI is InChI=1S/C24H41N/c1-16(2)5-6-17-8-10-21-20-9-7-18-15-19(25)11-13-24(18,4)22(20)12-14-23(17,21)3/h7,16-17,19-22H,5-6,8-15,25H2,1-4H3. The van der Waals surface area contributed by atoms with Crippen molar-refractivity contribution < 1.29 is 0 Å². The van der Waals surface area contributed by atoms with Crippen LogP contribution in [0.2, 0.25) is 0 Å². The van der Waals surface area contributed by atoms with Crippen molar-refractivity contribution in [2.24, 2.45) is 46.2 Å². The molecule has 0 bridgehead atoms. The van der Waals surface area contributed by atoms with E-state index >= 15 is 0 Å². The van der Waals surface area contributed by atoms with Gasteiger partial charge in [0.2, 0.25) is 0 Å². The molecular formula is C24H41N. The Bertz CT molecular complexity index is 534. The van der Waals surface area contributed by atoms with Crippen LogP contribution in [-0.2, 0) is 0 Å². The second-order valence-electron chi connectivity index (χ2n) is 11.1. The molecule has 25 heavy (non-hydrogen) atoms. The van der Waals surface area contributed by atoms with Gasteiger partial charge in [-0.3, -0.25) is 0 Å². The van der Waals surface area contributed by atoms with Gasteiger partial charge in [-0.25, -0.2) is 0 Å². The molecule has 0 heterocycles. The van der Waals surface area contributed by atoms with Crippen molar-refractivity contribution >= 4 is 0 Å². The largest absolute Gasteiger partial charge is 0.327 e. The second-order valence-corrected chi connectivity index (χ2v) is 11.1. The fraction of sp³-hybridized carbons (Fsp3) is 0.917. The number of nitrogens with two attached hydrogens (primary N) is 1. The molecule has 0 spiro atoms. The van der Waals surface area contributed by atoms with Gasteiger partial charge in [0, 0.05) is 6.04 Å². The predicted octanol–water partition coefficient (Wildman–Crippen LogP) is 6.33. The van der Waals surface area contributed by atoms with Crippen molar-refractivity contribution in [3.05, 3.63) is 11.6 Å². The SMILES string of the molecule is CC(C)CCC1CCC2C3CC=C4CC(N)CCC4(C)C3CCC12C. The van der Waals surface area contributed by atoms with E-state index in [-0.39, 0.29) is 0 Å². The topological polar surface area (TPSA) is 26.0 Å². The predicted molar refractivity (Wildman–Crippen MR) is 107 cm³/mol. The van der Waals surface area contributed by atoms with Gasteiger partial charge in [-0.1, -0.05) is 45.8 Å². The number of rotatable bonds is 3. The van der Waals surface area contributed by atoms with Gasteiger partial charge in [-0.05, 0) is 98.2 Å². The number of hydrogen-bond acceptors (Lipinski definition) is 1. The van der Waals surface area contributed by atoms with Crippen LogP contribution in [0.25, 0.3) is 0 Å². The minimum absolute atomic E-state index is 0.427. The Hall–Kier alpha value is -0.300. The van der Waals surface area contributed by atoms with Crippen molar-refractivity contribution in [1.29, 1.82) is 0 Å². The van der Waals surface area contributed by atoms with Crippen molar-refractivity contribution in [2.75, 3.05) is 0 Å². The molecule has 4 aliphatic carbocycles. The van der Waals surface area contributed by atoms with Crippen LogP contribution in [0, 0.1) is 40.4 Å². The summed E-state index contributed by atoms with van der Waals surface area (Å²) in [7, 11) is 0. The third-order valence-electron chi connectivity index (χ3n) is 9.43. The van der Waals surface area contributed by atoms with Crippen LogP contribution in [0.5, 0.6) is 0 Å². The Morgan fingerprint density at radius 1 is 1.08 bits per heavy atom. The van der Waals surface area contributed by atoms with Crippen LogP contribution in [0.15, 0.2) is 11.6 Å². The summed E-state index contributed by atoms with van der Waals surface area (Å²) in [6.07, 6.45) is 16.7. The fourth-order valence-electron chi connectivity index (χ4n) is 7.81. The molecule has 0 aromatic heterocycles. The zero-order valence-electron chi connectivity index (χ0n) is 17.2. The van der Waals surface area contributed by atoms with E-state index in [0.717, 1.165) is 29.6 Å². The van der Waals surface area contributed by atoms with E-state index in [9.17, 15) is 0 Å². The fourth-order valence-corrected chi connectivity index (χ4v) is 7.81. The molecule has 2 N–H and O–H groups in total. The van der Waals surface area contributed by atoms with Gasteiger partial charge in [0.25, 0.3) is 0 Å². The summed E-state index contributed by atoms with van der Waals surface area (Å²) >= 11 is 0. The van der Waals surface area contributed by atoms with Crippen molar-refractivity contribution in [2.45, 2.75) is 97.9 Å². The molecule has 0 aliphatic heterocycles. The van der Waals surface area contributed by atoms with Crippen LogP contribution in [0.4, 0.5) is 0 Å². The summed E-state index contributed by atoms with van der Waals surface area (Å²) in [6.45, 7) is 10.1. The zero-order valence-corrected chi connectivity index (χ0v) is 17.2. The maximum atomic E-state index is 6.31. The summed E-state index contributed by atoms with van der Waals surface area (Å²) in [5.74, 6) is 4.77. The van der Waals surface area contributed by atoms with E-state index in [1.807, 2.05) is 0 Å². The van der Waals surface area contributed by atoms with Gasteiger partial charge in [-0.2, -0.15) is 0 Å². The normalized spacial score (nSPS) is 49.4. The van der Waals surface area contributed by atoms with Crippen molar-refractivity contribution in [3.8, 4) is 0 Å². The molecule has 0 saturated heterocycles. The molecule has 1 nitrogen and oxygen atoms in total. The highest BCUT2D eigenvalue weighted by Crippen LogP contribution is 2.66. The minimum Gasteiger partial charge on any atom is -0.327 e. The van der Waals surface area contributed by atoms with E-state index in [4.69, 9.17) is 5.73 Å². The molecule has 0 amide bonds. The lowest BCUT2D eigenvalue weighted by molar-refractivity contribution is -0.0437. The van der Waals surface area contributed by atoms with E-state index in [0.29, 0.717) is 16.9 Å². The van der Waals surface area contributed by atoms with E-state index in [2.05, 4.69) is 33.8 Å². The third-order valence-corrected chi connectivity index (χ3v) is 9.43. The Kier molecular flexibility index (Phi) is 4.63. The van der Waals surface area contributed by atoms with Gasteiger partial charge >= 0.3 is 0 Å². The molecule has 3 fully saturated rings. The molecular weight excluding hydrogens is 302 g/mol. The quantitative estimate of drug-likeness (QED) is 0.595. The molecule has 4 rings (SSSR count). The first-order chi connectivity index (χ1) is 11.8. The summed E-state index contributed by atoms with van der Waals surface area (Å²) < 4.78 is 0. The minimum atomic E-state index is 0.427. The molecule has 0 radical (unpaired) electrons. The number of hydrogen-bond donors (Lipinski definition) is 1.